The summed E-state index contributed by atoms with van der Waals surface area (Å²) in [6.07, 6.45) is 10.4. The van der Waals surface area contributed by atoms with Crippen molar-refractivity contribution in [1.82, 2.24) is 0 Å². The predicted octanol–water partition coefficient (Wildman–Crippen LogP) is 6.56. The molecule has 4 nitrogen and oxygen atoms in total. The van der Waals surface area contributed by atoms with Gasteiger partial charge in [-0.1, -0.05) is 75.8 Å². The lowest BCUT2D eigenvalue weighted by molar-refractivity contribution is -0.214. The molecule has 0 spiro atoms. The third-order valence-electron chi connectivity index (χ3n) is 13.6. The fourth-order valence-corrected chi connectivity index (χ4v) is 12.9. The third-order valence-corrected chi connectivity index (χ3v) is 14.8. The molecule has 5 aliphatic carbocycles. The Morgan fingerprint density at radius 2 is 1.78 bits per heavy atom. The van der Waals surface area contributed by atoms with E-state index in [1.165, 1.54) is 0 Å². The SMILES string of the molecule is COC(=O)[C@]12CC[C@@H](C)[C@H](C)C1C1=CCC3[C@@]4(C)CC(I)C(O)[C@@](C)(CO)C4CC[C@@]3(C)[C@]1(C)CC2. The first kappa shape index (κ1) is 27.4. The van der Waals surface area contributed by atoms with Crippen LogP contribution >= 0.6 is 22.6 Å². The van der Waals surface area contributed by atoms with Gasteiger partial charge in [0.1, 0.15) is 0 Å². The number of rotatable bonds is 2. The molecule has 5 heteroatoms. The number of carbonyl (C=O) groups excluding carboxylic acids is 1. The molecule has 0 radical (unpaired) electrons. The molecule has 5 unspecified atom stereocenters. The van der Waals surface area contributed by atoms with E-state index < -0.39 is 11.5 Å². The van der Waals surface area contributed by atoms with Crippen LogP contribution in [0.4, 0.5) is 0 Å². The lowest BCUT2D eigenvalue weighted by atomic mass is 9.33. The van der Waals surface area contributed by atoms with Gasteiger partial charge in [-0.3, -0.25) is 4.79 Å². The number of esters is 1. The molecule has 5 rings (SSSR count). The van der Waals surface area contributed by atoms with E-state index >= 15 is 0 Å². The number of allylic oxidation sites excluding steroid dienone is 2. The zero-order valence-corrected chi connectivity index (χ0v) is 25.7. The quantitative estimate of drug-likeness (QED) is 0.160. The van der Waals surface area contributed by atoms with Gasteiger partial charge in [-0.05, 0) is 97.2 Å². The number of methoxy groups -OCH3 is 1. The van der Waals surface area contributed by atoms with E-state index in [-0.39, 0.29) is 44.1 Å². The molecule has 204 valence electrons. The smallest absolute Gasteiger partial charge is 0.312 e. The van der Waals surface area contributed by atoms with Gasteiger partial charge in [0, 0.05) is 9.34 Å². The normalized spacial score (nSPS) is 56.4. The van der Waals surface area contributed by atoms with E-state index in [1.807, 2.05) is 0 Å². The number of aliphatic hydroxyl groups excluding tert-OH is 2. The molecule has 36 heavy (non-hydrogen) atoms. The second-order valence-electron chi connectivity index (χ2n) is 14.6. The highest BCUT2D eigenvalue weighted by atomic mass is 127. The maximum atomic E-state index is 13.4. The van der Waals surface area contributed by atoms with Gasteiger partial charge in [-0.15, -0.1) is 0 Å². The molecule has 0 aromatic carbocycles. The maximum absolute atomic E-state index is 13.4. The third kappa shape index (κ3) is 3.20. The average molecular weight is 613 g/mol. The Labute approximate surface area is 232 Å². The lowest BCUT2D eigenvalue weighted by Crippen LogP contribution is -2.67. The van der Waals surface area contributed by atoms with Gasteiger partial charge in [0.15, 0.2) is 0 Å². The van der Waals surface area contributed by atoms with Crippen molar-refractivity contribution >= 4 is 28.6 Å². The number of hydrogen-bond donors (Lipinski definition) is 2. The van der Waals surface area contributed by atoms with Crippen LogP contribution in [0.15, 0.2) is 11.6 Å². The van der Waals surface area contributed by atoms with E-state index in [1.54, 1.807) is 12.7 Å². The van der Waals surface area contributed by atoms with Gasteiger partial charge in [0.05, 0.1) is 25.2 Å². The first-order valence-electron chi connectivity index (χ1n) is 14.5. The fourth-order valence-electron chi connectivity index (χ4n) is 11.1. The molecule has 4 fully saturated rings. The number of fused-ring (bicyclic) bond motifs is 7. The monoisotopic (exact) mass is 612 g/mol. The topological polar surface area (TPSA) is 66.8 Å². The van der Waals surface area contributed by atoms with E-state index in [4.69, 9.17) is 4.74 Å². The number of ether oxygens (including phenoxy) is 1. The first-order chi connectivity index (χ1) is 16.8. The van der Waals surface area contributed by atoms with Gasteiger partial charge in [0.2, 0.25) is 0 Å². The molecule has 12 atom stereocenters. The largest absolute Gasteiger partial charge is 0.469 e. The summed E-state index contributed by atoms with van der Waals surface area (Å²) in [6, 6.07) is 0. The molecule has 0 aromatic rings. The molecule has 2 N–H and O–H groups in total. The van der Waals surface area contributed by atoms with Crippen molar-refractivity contribution in [3.05, 3.63) is 11.6 Å². The van der Waals surface area contributed by atoms with Crippen molar-refractivity contribution < 1.29 is 19.7 Å². The second kappa shape index (κ2) is 8.68. The zero-order valence-electron chi connectivity index (χ0n) is 23.6. The Kier molecular flexibility index (Phi) is 6.61. The molecule has 5 aliphatic rings. The number of hydrogen-bond acceptors (Lipinski definition) is 4. The number of alkyl halides is 1. The van der Waals surface area contributed by atoms with Crippen molar-refractivity contribution in [3.63, 3.8) is 0 Å². The van der Waals surface area contributed by atoms with Crippen LogP contribution in [0.5, 0.6) is 0 Å². The van der Waals surface area contributed by atoms with E-state index in [9.17, 15) is 15.0 Å². The summed E-state index contributed by atoms with van der Waals surface area (Å²) in [5.74, 6) is 2.19. The van der Waals surface area contributed by atoms with E-state index in [2.05, 4.69) is 70.2 Å². The highest BCUT2D eigenvalue weighted by Gasteiger charge is 2.70. The van der Waals surface area contributed by atoms with Crippen molar-refractivity contribution in [2.24, 2.45) is 56.7 Å². The number of halogens is 1. The summed E-state index contributed by atoms with van der Waals surface area (Å²) in [7, 11) is 1.58. The Morgan fingerprint density at radius 3 is 2.42 bits per heavy atom. The van der Waals surface area contributed by atoms with Crippen LogP contribution in [0.2, 0.25) is 0 Å². The average Bonchev–Trinajstić information content (AvgIpc) is 2.84. The van der Waals surface area contributed by atoms with Crippen molar-refractivity contribution in [1.29, 1.82) is 0 Å². The second-order valence-corrected chi connectivity index (χ2v) is 16.2. The van der Waals surface area contributed by atoms with Crippen LogP contribution in [0.3, 0.4) is 0 Å². The summed E-state index contributed by atoms with van der Waals surface area (Å²) in [5.41, 5.74) is 1.01. The molecule has 4 saturated carbocycles. The first-order valence-corrected chi connectivity index (χ1v) is 15.7. The summed E-state index contributed by atoms with van der Waals surface area (Å²) in [5, 5.41) is 21.8. The number of aliphatic hydroxyl groups is 2. The molecule has 0 aromatic heterocycles. The van der Waals surface area contributed by atoms with Crippen LogP contribution in [0, 0.1) is 56.7 Å². The summed E-state index contributed by atoms with van der Waals surface area (Å²) in [6.45, 7) is 14.5. The van der Waals surface area contributed by atoms with E-state index in [0.717, 1.165) is 51.4 Å². The minimum absolute atomic E-state index is 0.0184. The van der Waals surface area contributed by atoms with Gasteiger partial charge in [-0.25, -0.2) is 0 Å². The standard InChI is InChI=1S/C31H49IO4/c1-18-10-13-31(26(35)36-7)15-14-29(5)20(24(31)19(18)2)8-9-23-27(3)16-21(32)25(34)28(4,17-33)22(27)11-12-30(23,29)6/h8,18-19,21-25,33-34H,9-17H2,1-7H3/t18-,19+,21?,22?,23?,24?,25?,27+,28+,29-,30-,31+/m1/s1. The minimum Gasteiger partial charge on any atom is -0.469 e. The summed E-state index contributed by atoms with van der Waals surface area (Å²) in [4.78, 5) is 13.4. The Morgan fingerprint density at radius 1 is 1.08 bits per heavy atom. The number of carbonyl (C=O) groups is 1. The molecule has 0 saturated heterocycles. The summed E-state index contributed by atoms with van der Waals surface area (Å²) >= 11 is 2.45. The highest BCUT2D eigenvalue weighted by molar-refractivity contribution is 14.1. The van der Waals surface area contributed by atoms with Crippen LogP contribution in [0.1, 0.15) is 92.9 Å². The van der Waals surface area contributed by atoms with Gasteiger partial charge < -0.3 is 14.9 Å². The Bertz CT molecular complexity index is 949. The van der Waals surface area contributed by atoms with Crippen LogP contribution in [0.25, 0.3) is 0 Å². The van der Waals surface area contributed by atoms with Crippen molar-refractivity contribution in [3.8, 4) is 0 Å². The van der Waals surface area contributed by atoms with Crippen LogP contribution in [-0.4, -0.2) is 39.9 Å². The maximum Gasteiger partial charge on any atom is 0.312 e. The molecular formula is C31H49IO4. The van der Waals surface area contributed by atoms with Crippen LogP contribution in [-0.2, 0) is 9.53 Å². The Balaban J connectivity index is 1.62. The zero-order chi connectivity index (χ0) is 26.5. The lowest BCUT2D eigenvalue weighted by Gasteiger charge is -2.71. The van der Waals surface area contributed by atoms with E-state index in [0.29, 0.717) is 23.7 Å². The molecule has 0 aliphatic heterocycles. The summed E-state index contributed by atoms with van der Waals surface area (Å²) < 4.78 is 5.66. The molecular weight excluding hydrogens is 563 g/mol. The van der Waals surface area contributed by atoms with Gasteiger partial charge in [0.25, 0.3) is 0 Å². The molecule has 0 amide bonds. The van der Waals surface area contributed by atoms with Crippen LogP contribution < -0.4 is 0 Å². The fraction of sp³-hybridized carbons (Fsp3) is 0.903. The molecule has 0 heterocycles. The Hall–Kier alpha value is -0.140. The van der Waals surface area contributed by atoms with Crippen molar-refractivity contribution in [2.45, 2.75) is 103 Å². The molecule has 0 bridgehead atoms. The predicted molar refractivity (Wildman–Crippen MR) is 152 cm³/mol. The van der Waals surface area contributed by atoms with Gasteiger partial charge >= 0.3 is 5.97 Å². The highest BCUT2D eigenvalue weighted by Crippen LogP contribution is 2.76. The minimum atomic E-state index is -0.462. The van der Waals surface area contributed by atoms with Crippen molar-refractivity contribution in [2.75, 3.05) is 13.7 Å². The van der Waals surface area contributed by atoms with Gasteiger partial charge in [-0.2, -0.15) is 0 Å².